The predicted octanol–water partition coefficient (Wildman–Crippen LogP) is 2.71. The van der Waals surface area contributed by atoms with E-state index in [9.17, 15) is 0 Å². The first-order valence-corrected chi connectivity index (χ1v) is 6.28. The number of methoxy groups -OCH3 is 1. The van der Waals surface area contributed by atoms with E-state index in [1.54, 1.807) is 7.11 Å². The van der Waals surface area contributed by atoms with Crippen molar-refractivity contribution in [1.29, 1.82) is 0 Å². The lowest BCUT2D eigenvalue weighted by molar-refractivity contribution is -0.0847. The number of ether oxygens (including phenoxy) is 1. The molecule has 2 rings (SSSR count). The van der Waals surface area contributed by atoms with Crippen molar-refractivity contribution < 1.29 is 4.74 Å². The summed E-state index contributed by atoms with van der Waals surface area (Å²) in [6.07, 6.45) is 5.18. The van der Waals surface area contributed by atoms with E-state index in [0.717, 1.165) is 35.3 Å². The van der Waals surface area contributed by atoms with Crippen LogP contribution in [0.3, 0.4) is 0 Å². The van der Waals surface area contributed by atoms with Crippen LogP contribution < -0.4 is 0 Å². The van der Waals surface area contributed by atoms with Gasteiger partial charge >= 0.3 is 0 Å². The number of halogens is 1. The van der Waals surface area contributed by atoms with Crippen LogP contribution in [0.25, 0.3) is 0 Å². The molecule has 0 aliphatic heterocycles. The molecule has 0 amide bonds. The van der Waals surface area contributed by atoms with Gasteiger partial charge in [-0.2, -0.15) is 0 Å². The molecular formula is C11H15BrN2O. The highest BCUT2D eigenvalue weighted by atomic mass is 79.9. The molecule has 82 valence electrons. The fourth-order valence-corrected chi connectivity index (χ4v) is 2.41. The van der Waals surface area contributed by atoms with E-state index in [-0.39, 0.29) is 5.60 Å². The molecule has 1 heterocycles. The van der Waals surface area contributed by atoms with Crippen molar-refractivity contribution in [3.63, 3.8) is 0 Å². The lowest BCUT2D eigenvalue weighted by Crippen LogP contribution is -2.38. The minimum absolute atomic E-state index is 0.199. The molecule has 0 unspecified atom stereocenters. The van der Waals surface area contributed by atoms with E-state index in [1.165, 1.54) is 6.42 Å². The van der Waals surface area contributed by atoms with Crippen molar-refractivity contribution in [2.75, 3.05) is 7.11 Å². The van der Waals surface area contributed by atoms with Crippen LogP contribution in [0.2, 0.25) is 0 Å². The first-order chi connectivity index (χ1) is 7.22. The smallest absolute Gasteiger partial charge is 0.160 e. The zero-order chi connectivity index (χ0) is 10.9. The molecule has 0 N–H and O–H groups in total. The summed E-state index contributed by atoms with van der Waals surface area (Å²) in [5.41, 5.74) is 1.99. The van der Waals surface area contributed by atoms with E-state index in [0.29, 0.717) is 0 Å². The summed E-state index contributed by atoms with van der Waals surface area (Å²) < 4.78 is 5.55. The maximum atomic E-state index is 5.55. The Labute approximate surface area is 98.4 Å². The van der Waals surface area contributed by atoms with Gasteiger partial charge in [-0.1, -0.05) is 15.9 Å². The fraction of sp³-hybridized carbons (Fsp3) is 0.636. The van der Waals surface area contributed by atoms with E-state index < -0.39 is 0 Å². The normalized spacial score (nSPS) is 18.6. The van der Waals surface area contributed by atoms with E-state index >= 15 is 0 Å². The largest absolute Gasteiger partial charge is 0.370 e. The molecule has 0 bridgehead atoms. The third-order valence-electron chi connectivity index (χ3n) is 3.18. The topological polar surface area (TPSA) is 35.0 Å². The van der Waals surface area contributed by atoms with Crippen molar-refractivity contribution in [2.24, 2.45) is 0 Å². The molecule has 1 fully saturated rings. The number of aromatic nitrogens is 2. The van der Waals surface area contributed by atoms with Gasteiger partial charge in [-0.05, 0) is 26.2 Å². The van der Waals surface area contributed by atoms with Crippen molar-refractivity contribution in [3.05, 3.63) is 23.3 Å². The van der Waals surface area contributed by atoms with Gasteiger partial charge in [0.15, 0.2) is 5.82 Å². The Balaban J connectivity index is 2.33. The predicted molar refractivity (Wildman–Crippen MR) is 61.9 cm³/mol. The van der Waals surface area contributed by atoms with Crippen LogP contribution in [0.4, 0.5) is 0 Å². The first-order valence-electron chi connectivity index (χ1n) is 5.16. The van der Waals surface area contributed by atoms with Gasteiger partial charge in [0.25, 0.3) is 0 Å². The highest BCUT2D eigenvalue weighted by Crippen LogP contribution is 2.42. The van der Waals surface area contributed by atoms with Crippen molar-refractivity contribution in [1.82, 2.24) is 9.97 Å². The Kier molecular flexibility index (Phi) is 3.07. The van der Waals surface area contributed by atoms with Gasteiger partial charge in [0, 0.05) is 29.9 Å². The molecule has 1 aliphatic carbocycles. The molecule has 0 atom stereocenters. The van der Waals surface area contributed by atoms with Crippen molar-refractivity contribution >= 4 is 15.9 Å². The number of rotatable bonds is 3. The lowest BCUT2D eigenvalue weighted by Gasteiger charge is -2.38. The quantitative estimate of drug-likeness (QED) is 0.793. The van der Waals surface area contributed by atoms with E-state index in [1.807, 2.05) is 13.1 Å². The summed E-state index contributed by atoms with van der Waals surface area (Å²) in [6, 6.07) is 0. The van der Waals surface area contributed by atoms with Crippen LogP contribution in [0.5, 0.6) is 0 Å². The lowest BCUT2D eigenvalue weighted by atomic mass is 9.79. The molecule has 1 saturated carbocycles. The van der Waals surface area contributed by atoms with Crippen LogP contribution in [-0.4, -0.2) is 17.1 Å². The van der Waals surface area contributed by atoms with Crippen LogP contribution in [0.1, 0.15) is 36.3 Å². The Morgan fingerprint density at radius 3 is 2.67 bits per heavy atom. The number of aryl methyl sites for hydroxylation is 1. The summed E-state index contributed by atoms with van der Waals surface area (Å²) in [5, 5.41) is 0.805. The Bertz CT molecular complexity index is 358. The zero-order valence-corrected chi connectivity index (χ0v) is 10.7. The summed E-state index contributed by atoms with van der Waals surface area (Å²) in [7, 11) is 1.75. The molecule has 0 aromatic carbocycles. The summed E-state index contributed by atoms with van der Waals surface area (Å²) in [5.74, 6) is 0.846. The number of alkyl halides is 1. The summed E-state index contributed by atoms with van der Waals surface area (Å²) in [4.78, 5) is 8.95. The Morgan fingerprint density at radius 2 is 2.27 bits per heavy atom. The molecule has 0 radical (unpaired) electrons. The van der Waals surface area contributed by atoms with Crippen LogP contribution in [-0.2, 0) is 15.7 Å². The average molecular weight is 271 g/mol. The van der Waals surface area contributed by atoms with Crippen LogP contribution in [0.15, 0.2) is 6.20 Å². The minimum Gasteiger partial charge on any atom is -0.370 e. The molecule has 15 heavy (non-hydrogen) atoms. The summed E-state index contributed by atoms with van der Waals surface area (Å²) >= 11 is 3.42. The van der Waals surface area contributed by atoms with E-state index in [2.05, 4.69) is 25.9 Å². The standard InChI is InChI=1S/C11H15BrN2O/c1-8-9(6-12)7-13-10(14-8)11(15-2)4-3-5-11/h7H,3-6H2,1-2H3. The molecule has 3 nitrogen and oxygen atoms in total. The van der Waals surface area contributed by atoms with Gasteiger partial charge in [-0.25, -0.2) is 9.97 Å². The van der Waals surface area contributed by atoms with E-state index in [4.69, 9.17) is 4.74 Å². The maximum Gasteiger partial charge on any atom is 0.160 e. The highest BCUT2D eigenvalue weighted by Gasteiger charge is 2.41. The van der Waals surface area contributed by atoms with Gasteiger partial charge in [-0.3, -0.25) is 0 Å². The Hall–Kier alpha value is -0.480. The summed E-state index contributed by atoms with van der Waals surface area (Å²) in [6.45, 7) is 2.02. The number of hydrogen-bond donors (Lipinski definition) is 0. The van der Waals surface area contributed by atoms with Gasteiger partial charge in [0.05, 0.1) is 0 Å². The third-order valence-corrected chi connectivity index (χ3v) is 3.79. The van der Waals surface area contributed by atoms with Gasteiger partial charge < -0.3 is 4.74 Å². The highest BCUT2D eigenvalue weighted by molar-refractivity contribution is 9.08. The molecule has 1 aromatic heterocycles. The molecule has 4 heteroatoms. The number of nitrogens with zero attached hydrogens (tertiary/aromatic N) is 2. The molecule has 1 aliphatic rings. The second-order valence-electron chi connectivity index (χ2n) is 3.99. The number of hydrogen-bond acceptors (Lipinski definition) is 3. The van der Waals surface area contributed by atoms with Gasteiger partial charge in [-0.15, -0.1) is 0 Å². The monoisotopic (exact) mass is 270 g/mol. The van der Waals surface area contributed by atoms with Crippen molar-refractivity contribution in [3.8, 4) is 0 Å². The molecule has 0 saturated heterocycles. The second kappa shape index (κ2) is 4.18. The van der Waals surface area contributed by atoms with Crippen LogP contribution in [0, 0.1) is 6.92 Å². The van der Waals surface area contributed by atoms with Crippen molar-refractivity contribution in [2.45, 2.75) is 37.1 Å². The Morgan fingerprint density at radius 1 is 1.53 bits per heavy atom. The third kappa shape index (κ3) is 1.81. The zero-order valence-electron chi connectivity index (χ0n) is 9.09. The first kappa shape index (κ1) is 11.0. The maximum absolute atomic E-state index is 5.55. The van der Waals surface area contributed by atoms with Crippen LogP contribution >= 0.6 is 15.9 Å². The SMILES string of the molecule is COC1(c2ncc(CBr)c(C)n2)CCC1. The average Bonchev–Trinajstić information content (AvgIpc) is 2.17. The van der Waals surface area contributed by atoms with Gasteiger partial charge in [0.2, 0.25) is 0 Å². The second-order valence-corrected chi connectivity index (χ2v) is 4.55. The van der Waals surface area contributed by atoms with Gasteiger partial charge in [0.1, 0.15) is 5.60 Å². The molecule has 1 aromatic rings. The fourth-order valence-electron chi connectivity index (χ4n) is 1.86. The minimum atomic E-state index is -0.199. The molecule has 0 spiro atoms. The molecular weight excluding hydrogens is 256 g/mol.